The van der Waals surface area contributed by atoms with Crippen molar-refractivity contribution in [1.82, 2.24) is 20.3 Å². The van der Waals surface area contributed by atoms with Gasteiger partial charge < -0.3 is 5.32 Å². The number of halogens is 2. The van der Waals surface area contributed by atoms with E-state index in [1.54, 1.807) is 6.20 Å². The summed E-state index contributed by atoms with van der Waals surface area (Å²) in [6.45, 7) is 5.68. The van der Waals surface area contributed by atoms with Gasteiger partial charge >= 0.3 is 0 Å². The van der Waals surface area contributed by atoms with Crippen LogP contribution >= 0.6 is 0 Å². The van der Waals surface area contributed by atoms with Gasteiger partial charge in [0.25, 0.3) is 0 Å². The van der Waals surface area contributed by atoms with Gasteiger partial charge in [0.2, 0.25) is 0 Å². The fourth-order valence-corrected chi connectivity index (χ4v) is 1.67. The third-order valence-electron chi connectivity index (χ3n) is 2.51. The Morgan fingerprint density at radius 2 is 1.89 bits per heavy atom. The van der Waals surface area contributed by atoms with Crippen LogP contribution in [0.2, 0.25) is 0 Å². The van der Waals surface area contributed by atoms with Gasteiger partial charge in [-0.15, -0.1) is 5.10 Å². The zero-order valence-corrected chi connectivity index (χ0v) is 10.9. The highest BCUT2D eigenvalue weighted by molar-refractivity contribution is 5.31. The first-order valence-electron chi connectivity index (χ1n) is 6.13. The SMILES string of the molecule is CC(C)CNCc1cn(-c2cc(F)cc(F)c2)nn1. The molecular weight excluding hydrogens is 250 g/mol. The van der Waals surface area contributed by atoms with Crippen LogP contribution in [0.25, 0.3) is 5.69 Å². The van der Waals surface area contributed by atoms with Crippen molar-refractivity contribution in [2.24, 2.45) is 5.92 Å². The predicted molar refractivity (Wildman–Crippen MR) is 67.8 cm³/mol. The molecule has 0 amide bonds. The first-order valence-corrected chi connectivity index (χ1v) is 6.13. The van der Waals surface area contributed by atoms with E-state index in [4.69, 9.17) is 0 Å². The third-order valence-corrected chi connectivity index (χ3v) is 2.51. The van der Waals surface area contributed by atoms with Crippen LogP contribution in [0.5, 0.6) is 0 Å². The normalized spacial score (nSPS) is 11.2. The molecule has 1 aromatic carbocycles. The van der Waals surface area contributed by atoms with E-state index >= 15 is 0 Å². The number of hydrogen-bond donors (Lipinski definition) is 1. The summed E-state index contributed by atoms with van der Waals surface area (Å²) >= 11 is 0. The molecule has 1 aromatic heterocycles. The van der Waals surface area contributed by atoms with Gasteiger partial charge in [-0.2, -0.15) is 0 Å². The minimum Gasteiger partial charge on any atom is -0.311 e. The Labute approximate surface area is 110 Å². The number of nitrogens with one attached hydrogen (secondary N) is 1. The Balaban J connectivity index is 2.07. The lowest BCUT2D eigenvalue weighted by atomic mass is 10.2. The Morgan fingerprint density at radius 1 is 1.21 bits per heavy atom. The molecule has 2 aromatic rings. The molecule has 0 aliphatic rings. The van der Waals surface area contributed by atoms with Crippen LogP contribution < -0.4 is 5.32 Å². The first-order chi connectivity index (χ1) is 9.04. The van der Waals surface area contributed by atoms with Crippen LogP contribution in [0.15, 0.2) is 24.4 Å². The molecule has 0 aliphatic carbocycles. The second kappa shape index (κ2) is 5.88. The minimum atomic E-state index is -0.634. The number of benzene rings is 1. The van der Waals surface area contributed by atoms with Gasteiger partial charge in [-0.05, 0) is 24.6 Å². The molecule has 4 nitrogen and oxygen atoms in total. The summed E-state index contributed by atoms with van der Waals surface area (Å²) in [6, 6.07) is 3.25. The van der Waals surface area contributed by atoms with E-state index in [2.05, 4.69) is 29.5 Å². The topological polar surface area (TPSA) is 42.7 Å². The van der Waals surface area contributed by atoms with Gasteiger partial charge in [0.15, 0.2) is 0 Å². The van der Waals surface area contributed by atoms with Crippen molar-refractivity contribution in [3.8, 4) is 5.69 Å². The standard InChI is InChI=1S/C13H16F2N4/c1-9(2)6-16-7-12-8-19(18-17-12)13-4-10(14)3-11(15)5-13/h3-5,8-9,16H,6-7H2,1-2H3. The van der Waals surface area contributed by atoms with Crippen molar-refractivity contribution in [3.63, 3.8) is 0 Å². The molecule has 0 saturated heterocycles. The Bertz CT molecular complexity index is 531. The van der Waals surface area contributed by atoms with E-state index in [1.165, 1.54) is 16.8 Å². The van der Waals surface area contributed by atoms with Crippen molar-refractivity contribution >= 4 is 0 Å². The average molecular weight is 266 g/mol. The molecule has 0 spiro atoms. The molecule has 0 fully saturated rings. The van der Waals surface area contributed by atoms with Crippen LogP contribution in [0.1, 0.15) is 19.5 Å². The maximum absolute atomic E-state index is 13.1. The van der Waals surface area contributed by atoms with Crippen molar-refractivity contribution in [2.45, 2.75) is 20.4 Å². The van der Waals surface area contributed by atoms with Crippen molar-refractivity contribution in [1.29, 1.82) is 0 Å². The fourth-order valence-electron chi connectivity index (χ4n) is 1.67. The zero-order chi connectivity index (χ0) is 13.8. The summed E-state index contributed by atoms with van der Waals surface area (Å²) in [4.78, 5) is 0. The fraction of sp³-hybridized carbons (Fsp3) is 0.385. The van der Waals surface area contributed by atoms with Crippen LogP contribution in [-0.2, 0) is 6.54 Å². The lowest BCUT2D eigenvalue weighted by Crippen LogP contribution is -2.19. The summed E-state index contributed by atoms with van der Waals surface area (Å²) in [6.07, 6.45) is 1.65. The van der Waals surface area contributed by atoms with E-state index in [-0.39, 0.29) is 0 Å². The van der Waals surface area contributed by atoms with Gasteiger partial charge in [-0.1, -0.05) is 19.1 Å². The van der Waals surface area contributed by atoms with Gasteiger partial charge in [0.1, 0.15) is 11.6 Å². The van der Waals surface area contributed by atoms with E-state index in [1.807, 2.05) is 0 Å². The summed E-state index contributed by atoms with van der Waals surface area (Å²) in [5.41, 5.74) is 1.05. The van der Waals surface area contributed by atoms with Crippen molar-refractivity contribution in [3.05, 3.63) is 41.7 Å². The number of nitrogens with zero attached hydrogens (tertiary/aromatic N) is 3. The monoisotopic (exact) mass is 266 g/mol. The van der Waals surface area contributed by atoms with Gasteiger partial charge in [0.05, 0.1) is 17.6 Å². The van der Waals surface area contributed by atoms with Crippen molar-refractivity contribution in [2.75, 3.05) is 6.54 Å². The number of hydrogen-bond acceptors (Lipinski definition) is 3. The van der Waals surface area contributed by atoms with E-state index in [0.29, 0.717) is 18.2 Å². The highest BCUT2D eigenvalue weighted by Gasteiger charge is 2.06. The molecule has 0 saturated carbocycles. The maximum Gasteiger partial charge on any atom is 0.128 e. The van der Waals surface area contributed by atoms with E-state index in [9.17, 15) is 8.78 Å². The number of aromatic nitrogens is 3. The molecule has 1 heterocycles. The van der Waals surface area contributed by atoms with Crippen LogP contribution in [0.4, 0.5) is 8.78 Å². The lowest BCUT2D eigenvalue weighted by Gasteiger charge is -2.04. The molecule has 0 radical (unpaired) electrons. The van der Waals surface area contributed by atoms with Crippen molar-refractivity contribution < 1.29 is 8.78 Å². The van der Waals surface area contributed by atoms with E-state index in [0.717, 1.165) is 18.3 Å². The summed E-state index contributed by atoms with van der Waals surface area (Å²) in [5.74, 6) is -0.720. The minimum absolute atomic E-state index is 0.320. The first kappa shape index (κ1) is 13.6. The van der Waals surface area contributed by atoms with E-state index < -0.39 is 11.6 Å². The largest absolute Gasteiger partial charge is 0.311 e. The average Bonchev–Trinajstić information content (AvgIpc) is 2.76. The summed E-state index contributed by atoms with van der Waals surface area (Å²) < 4.78 is 27.6. The zero-order valence-electron chi connectivity index (χ0n) is 10.9. The summed E-state index contributed by atoms with van der Waals surface area (Å²) in [5, 5.41) is 11.0. The maximum atomic E-state index is 13.1. The Morgan fingerprint density at radius 3 is 2.53 bits per heavy atom. The molecule has 1 N–H and O–H groups in total. The molecule has 0 atom stereocenters. The van der Waals surface area contributed by atoms with Gasteiger partial charge in [-0.25, -0.2) is 13.5 Å². The molecular formula is C13H16F2N4. The Hall–Kier alpha value is -1.82. The van der Waals surface area contributed by atoms with Gasteiger partial charge in [-0.3, -0.25) is 0 Å². The molecule has 6 heteroatoms. The quantitative estimate of drug-likeness (QED) is 0.903. The molecule has 19 heavy (non-hydrogen) atoms. The lowest BCUT2D eigenvalue weighted by molar-refractivity contribution is 0.548. The highest BCUT2D eigenvalue weighted by Crippen LogP contribution is 2.12. The smallest absolute Gasteiger partial charge is 0.128 e. The molecule has 0 aliphatic heterocycles. The molecule has 2 rings (SSSR count). The Kier molecular flexibility index (Phi) is 4.21. The molecule has 0 bridgehead atoms. The summed E-state index contributed by atoms with van der Waals surface area (Å²) in [7, 11) is 0. The third kappa shape index (κ3) is 3.82. The van der Waals surface area contributed by atoms with Gasteiger partial charge in [0, 0.05) is 12.6 Å². The molecule has 102 valence electrons. The second-order valence-corrected chi connectivity index (χ2v) is 4.81. The molecule has 0 unspecified atom stereocenters. The predicted octanol–water partition coefficient (Wildman–Crippen LogP) is 2.29. The second-order valence-electron chi connectivity index (χ2n) is 4.81. The highest BCUT2D eigenvalue weighted by atomic mass is 19.1. The van der Waals surface area contributed by atoms with Crippen LogP contribution in [-0.4, -0.2) is 21.5 Å². The van der Waals surface area contributed by atoms with Crippen LogP contribution in [0.3, 0.4) is 0 Å². The number of rotatable bonds is 5. The van der Waals surface area contributed by atoms with Crippen LogP contribution in [0, 0.1) is 17.6 Å².